The van der Waals surface area contributed by atoms with Crippen molar-refractivity contribution in [1.29, 1.82) is 0 Å². The second-order valence-electron chi connectivity index (χ2n) is 13.1. The van der Waals surface area contributed by atoms with E-state index < -0.39 is 58.8 Å². The molecule has 7 rings (SSSR count). The molecule has 0 aromatic heterocycles. The maximum absolute atomic E-state index is 12.4. The summed E-state index contributed by atoms with van der Waals surface area (Å²) in [6.45, 7) is 7.67. The lowest BCUT2D eigenvalue weighted by molar-refractivity contribution is -0.203. The Balaban J connectivity index is 1.28. The van der Waals surface area contributed by atoms with Gasteiger partial charge in [-0.25, -0.2) is 4.79 Å². The number of aliphatic hydroxyl groups excluding tert-OH is 2. The van der Waals surface area contributed by atoms with Crippen molar-refractivity contribution in [3.63, 3.8) is 0 Å². The molecule has 1 unspecified atom stereocenters. The van der Waals surface area contributed by atoms with E-state index in [1.165, 1.54) is 0 Å². The van der Waals surface area contributed by atoms with E-state index in [9.17, 15) is 24.9 Å². The summed E-state index contributed by atoms with van der Waals surface area (Å²) in [6.07, 6.45) is 1.43. The van der Waals surface area contributed by atoms with Gasteiger partial charge in [0, 0.05) is 36.2 Å². The molecule has 9 nitrogen and oxygen atoms in total. The molecule has 2 spiro atoms. The summed E-state index contributed by atoms with van der Waals surface area (Å²) in [5.41, 5.74) is -3.04. The number of esters is 2. The normalized spacial score (nSPS) is 55.3. The molecule has 3 N–H and O–H groups in total. The summed E-state index contributed by atoms with van der Waals surface area (Å²) < 4.78 is 24.6. The van der Waals surface area contributed by atoms with Crippen LogP contribution in [0.1, 0.15) is 59.8 Å². The molecule has 4 heterocycles. The monoisotopic (exact) mass is 516 g/mol. The molecule has 4 aliphatic heterocycles. The molecule has 7 aliphatic rings. The highest BCUT2D eigenvalue weighted by atomic mass is 16.6. The minimum atomic E-state index is -1.52. The highest BCUT2D eigenvalue weighted by molar-refractivity contribution is 5.90. The molecule has 0 amide bonds. The number of aliphatic hydroxyl groups is 3. The van der Waals surface area contributed by atoms with Crippen LogP contribution in [-0.4, -0.2) is 80.2 Å². The number of hydrogen-bond donors (Lipinski definition) is 3. The summed E-state index contributed by atoms with van der Waals surface area (Å²) in [7, 11) is 0. The molecule has 3 aliphatic carbocycles. The molecule has 2 saturated carbocycles. The number of hydrogen-bond acceptors (Lipinski definition) is 9. The Morgan fingerprint density at radius 2 is 1.89 bits per heavy atom. The summed E-state index contributed by atoms with van der Waals surface area (Å²) in [4.78, 5) is 24.5. The van der Waals surface area contributed by atoms with Crippen LogP contribution in [0.15, 0.2) is 23.3 Å². The third-order valence-corrected chi connectivity index (χ3v) is 10.9. The minimum Gasteiger partial charge on any atom is -0.456 e. The molecule has 202 valence electrons. The van der Waals surface area contributed by atoms with Crippen molar-refractivity contribution < 1.29 is 43.9 Å². The molecule has 3 saturated heterocycles. The Morgan fingerprint density at radius 3 is 2.59 bits per heavy atom. The number of fused-ring (bicyclic) bond motifs is 2. The number of cyclic esters (lactones) is 1. The Morgan fingerprint density at radius 1 is 1.14 bits per heavy atom. The van der Waals surface area contributed by atoms with Crippen LogP contribution < -0.4 is 0 Å². The third kappa shape index (κ3) is 2.87. The van der Waals surface area contributed by atoms with Crippen LogP contribution >= 0.6 is 0 Å². The van der Waals surface area contributed by atoms with Crippen LogP contribution in [0.2, 0.25) is 0 Å². The van der Waals surface area contributed by atoms with Gasteiger partial charge >= 0.3 is 11.9 Å². The van der Waals surface area contributed by atoms with E-state index in [1.54, 1.807) is 13.0 Å². The molecular formula is C28H36O9. The van der Waals surface area contributed by atoms with Gasteiger partial charge in [-0.1, -0.05) is 13.0 Å². The lowest BCUT2D eigenvalue weighted by Crippen LogP contribution is -2.64. The first-order valence-corrected chi connectivity index (χ1v) is 13.6. The number of carbonyl (C=O) groups is 2. The lowest BCUT2D eigenvalue weighted by atomic mass is 9.59. The van der Waals surface area contributed by atoms with Crippen molar-refractivity contribution in [3.8, 4) is 0 Å². The smallest absolute Gasteiger partial charge is 0.334 e. The molecular weight excluding hydrogens is 480 g/mol. The second-order valence-corrected chi connectivity index (χ2v) is 13.1. The molecule has 9 heteroatoms. The maximum atomic E-state index is 12.4. The summed E-state index contributed by atoms with van der Waals surface area (Å²) in [6, 6.07) is 0. The van der Waals surface area contributed by atoms with E-state index in [0.717, 1.165) is 5.57 Å². The number of carbonyl (C=O) groups excluding carboxylic acids is 2. The van der Waals surface area contributed by atoms with E-state index in [4.69, 9.17) is 18.9 Å². The zero-order chi connectivity index (χ0) is 26.3. The van der Waals surface area contributed by atoms with E-state index in [1.807, 2.05) is 19.9 Å². The first-order chi connectivity index (χ1) is 17.3. The Labute approximate surface area is 215 Å². The topological polar surface area (TPSA) is 132 Å². The lowest BCUT2D eigenvalue weighted by Gasteiger charge is -2.53. The molecule has 0 aromatic carbocycles. The summed E-state index contributed by atoms with van der Waals surface area (Å²) in [5, 5.41) is 35.8. The van der Waals surface area contributed by atoms with Crippen molar-refractivity contribution >= 4 is 11.9 Å². The zero-order valence-corrected chi connectivity index (χ0v) is 21.7. The fourth-order valence-corrected chi connectivity index (χ4v) is 9.49. The number of rotatable bonds is 1. The molecule has 37 heavy (non-hydrogen) atoms. The van der Waals surface area contributed by atoms with Crippen LogP contribution in [0.4, 0.5) is 0 Å². The van der Waals surface area contributed by atoms with Gasteiger partial charge in [-0.3, -0.25) is 4.79 Å². The predicted molar refractivity (Wildman–Crippen MR) is 127 cm³/mol. The molecule has 0 bridgehead atoms. The summed E-state index contributed by atoms with van der Waals surface area (Å²) in [5.74, 6) is -1.83. The molecule has 0 radical (unpaired) electrons. The largest absolute Gasteiger partial charge is 0.456 e. The Bertz CT molecular complexity index is 1140. The van der Waals surface area contributed by atoms with E-state index in [2.05, 4.69) is 6.92 Å². The molecule has 5 fully saturated rings. The van der Waals surface area contributed by atoms with E-state index >= 15 is 0 Å². The van der Waals surface area contributed by atoms with Crippen LogP contribution in [-0.2, 0) is 28.5 Å². The fourth-order valence-electron chi connectivity index (χ4n) is 9.49. The van der Waals surface area contributed by atoms with Gasteiger partial charge in [0.15, 0.2) is 0 Å². The zero-order valence-electron chi connectivity index (χ0n) is 21.7. The number of allylic oxidation sites excluding steroid dienone is 1. The minimum absolute atomic E-state index is 0.0251. The van der Waals surface area contributed by atoms with Crippen molar-refractivity contribution in [2.75, 3.05) is 0 Å². The predicted octanol–water partition coefficient (Wildman–Crippen LogP) is 1.32. The Kier molecular flexibility index (Phi) is 4.75. The fraction of sp³-hybridized carbons (Fsp3) is 0.786. The Hall–Kier alpha value is -1.78. The van der Waals surface area contributed by atoms with Crippen LogP contribution in [0.3, 0.4) is 0 Å². The van der Waals surface area contributed by atoms with Crippen molar-refractivity contribution in [1.82, 2.24) is 0 Å². The van der Waals surface area contributed by atoms with Gasteiger partial charge < -0.3 is 34.3 Å². The average Bonchev–Trinajstić information content (AvgIpc) is 3.51. The van der Waals surface area contributed by atoms with Crippen molar-refractivity contribution in [2.45, 2.75) is 113 Å². The standard InChI is InChI=1S/C28H36O9/c1-12-7-17(34-24(12)32)23-13(2)14-5-6-15-22-16(29)8-18-25(3,4)35-20-9-21(31)36-27(18,20)11-26(22,33)10-19(30)28(14,15)37-23/h6-7,13-14,16-20,22-23,29-30,33H,5,8-11H2,1-4H3/t13-,14+,16+,17?,18-,19-,20+,22+,23+,26-,27+,28-/m0/s1. The highest BCUT2D eigenvalue weighted by Crippen LogP contribution is 2.66. The quantitative estimate of drug-likeness (QED) is 0.349. The van der Waals surface area contributed by atoms with Gasteiger partial charge in [0.25, 0.3) is 0 Å². The van der Waals surface area contributed by atoms with Gasteiger partial charge in [0.2, 0.25) is 0 Å². The highest BCUT2D eigenvalue weighted by Gasteiger charge is 2.75. The van der Waals surface area contributed by atoms with Gasteiger partial charge in [-0.15, -0.1) is 0 Å². The van der Waals surface area contributed by atoms with Crippen LogP contribution in [0, 0.1) is 23.7 Å². The first-order valence-electron chi connectivity index (χ1n) is 13.6. The first kappa shape index (κ1) is 24.3. The average molecular weight is 517 g/mol. The van der Waals surface area contributed by atoms with Crippen LogP contribution in [0.25, 0.3) is 0 Å². The second kappa shape index (κ2) is 7.24. The van der Waals surface area contributed by atoms with Crippen molar-refractivity contribution in [3.05, 3.63) is 23.3 Å². The molecule has 12 atom stereocenters. The summed E-state index contributed by atoms with van der Waals surface area (Å²) >= 11 is 0. The van der Waals surface area contributed by atoms with E-state index in [0.29, 0.717) is 18.4 Å². The van der Waals surface area contributed by atoms with Gasteiger partial charge in [0.1, 0.15) is 29.5 Å². The van der Waals surface area contributed by atoms with Gasteiger partial charge in [0.05, 0.1) is 29.8 Å². The third-order valence-electron chi connectivity index (χ3n) is 10.9. The maximum Gasteiger partial charge on any atom is 0.334 e. The number of ether oxygens (including phenoxy) is 4. The van der Waals surface area contributed by atoms with E-state index in [-0.39, 0.29) is 49.0 Å². The van der Waals surface area contributed by atoms with Gasteiger partial charge in [-0.2, -0.15) is 0 Å². The van der Waals surface area contributed by atoms with Crippen LogP contribution in [0.5, 0.6) is 0 Å². The molecule has 0 aromatic rings. The van der Waals surface area contributed by atoms with Crippen molar-refractivity contribution in [2.24, 2.45) is 23.7 Å². The SMILES string of the molecule is CC1=CC([C@@H]2O[C@]34C(=CC[C@@H]3[C@@H]2C)[C@@H]2[C@H](O)C[C@H]3C(C)(C)O[C@@H]5CC(=O)O[C@@]53C[C@@]2(O)C[C@@H]4O)OC1=O. The van der Waals surface area contributed by atoms with Gasteiger partial charge in [-0.05, 0) is 51.2 Å².